The number of aromatic nitrogens is 1. The highest BCUT2D eigenvalue weighted by atomic mass is 16.2. The van der Waals surface area contributed by atoms with E-state index in [4.69, 9.17) is 0 Å². The average Bonchev–Trinajstić information content (AvgIpc) is 2.65. The molecule has 4 heteroatoms. The molecule has 1 aliphatic rings. The molecule has 1 N–H and O–H groups in total. The van der Waals surface area contributed by atoms with Crippen molar-refractivity contribution in [3.05, 3.63) is 24.0 Å². The van der Waals surface area contributed by atoms with E-state index in [2.05, 4.69) is 5.32 Å². The zero-order valence-electron chi connectivity index (χ0n) is 10.6. The molecule has 0 aromatic carbocycles. The molecule has 1 aliphatic carbocycles. The summed E-state index contributed by atoms with van der Waals surface area (Å²) in [5.41, 5.74) is 0.609. The maximum atomic E-state index is 11.9. The number of amides is 1. The van der Waals surface area contributed by atoms with Gasteiger partial charge in [0.15, 0.2) is 6.29 Å². The first-order valence-corrected chi connectivity index (χ1v) is 6.68. The monoisotopic (exact) mass is 248 g/mol. The lowest BCUT2D eigenvalue weighted by molar-refractivity contribution is -0.122. The Morgan fingerprint density at radius 2 is 2.06 bits per heavy atom. The minimum Gasteiger partial charge on any atom is -0.352 e. The highest BCUT2D eigenvalue weighted by Crippen LogP contribution is 2.17. The van der Waals surface area contributed by atoms with E-state index in [0.717, 1.165) is 19.1 Å². The SMILES string of the molecule is O=Cc1ccn(CC(=O)NC2CCCCCC2)c1. The largest absolute Gasteiger partial charge is 0.352 e. The summed E-state index contributed by atoms with van der Waals surface area (Å²) >= 11 is 0. The number of carbonyl (C=O) groups excluding carboxylic acids is 2. The van der Waals surface area contributed by atoms with Crippen molar-refractivity contribution in [2.45, 2.75) is 51.1 Å². The number of rotatable bonds is 4. The number of carbonyl (C=O) groups is 2. The summed E-state index contributed by atoms with van der Waals surface area (Å²) in [6, 6.07) is 2.05. The third-order valence-corrected chi connectivity index (χ3v) is 3.46. The van der Waals surface area contributed by atoms with E-state index in [1.807, 2.05) is 0 Å². The maximum absolute atomic E-state index is 11.9. The molecule has 0 unspecified atom stereocenters. The van der Waals surface area contributed by atoms with E-state index in [1.54, 1.807) is 23.0 Å². The van der Waals surface area contributed by atoms with Crippen molar-refractivity contribution in [2.75, 3.05) is 0 Å². The molecule has 0 saturated heterocycles. The van der Waals surface area contributed by atoms with Crippen LogP contribution >= 0.6 is 0 Å². The molecule has 0 aliphatic heterocycles. The summed E-state index contributed by atoms with van der Waals surface area (Å²) in [7, 11) is 0. The Labute approximate surface area is 107 Å². The zero-order valence-corrected chi connectivity index (χ0v) is 10.6. The molecular formula is C14H20N2O2. The minimum atomic E-state index is 0.0370. The van der Waals surface area contributed by atoms with Gasteiger partial charge < -0.3 is 9.88 Å². The molecule has 0 radical (unpaired) electrons. The van der Waals surface area contributed by atoms with E-state index >= 15 is 0 Å². The summed E-state index contributed by atoms with van der Waals surface area (Å²) in [6.45, 7) is 0.296. The summed E-state index contributed by atoms with van der Waals surface area (Å²) in [4.78, 5) is 22.4. The number of hydrogen-bond acceptors (Lipinski definition) is 2. The van der Waals surface area contributed by atoms with Crippen molar-refractivity contribution in [2.24, 2.45) is 0 Å². The minimum absolute atomic E-state index is 0.0370. The third kappa shape index (κ3) is 3.72. The predicted octanol–water partition coefficient (Wildman–Crippen LogP) is 2.14. The molecule has 1 amide bonds. The molecule has 1 aromatic heterocycles. The summed E-state index contributed by atoms with van der Waals surface area (Å²) in [5.74, 6) is 0.0370. The molecule has 1 saturated carbocycles. The van der Waals surface area contributed by atoms with Crippen LogP contribution in [0.1, 0.15) is 48.9 Å². The Bertz CT molecular complexity index is 404. The van der Waals surface area contributed by atoms with Crippen molar-refractivity contribution >= 4 is 12.2 Å². The summed E-state index contributed by atoms with van der Waals surface area (Å²) in [6.07, 6.45) is 11.4. The van der Waals surface area contributed by atoms with Crippen molar-refractivity contribution in [1.82, 2.24) is 9.88 Å². The van der Waals surface area contributed by atoms with E-state index in [9.17, 15) is 9.59 Å². The van der Waals surface area contributed by atoms with Gasteiger partial charge in [0.05, 0.1) is 0 Å². The molecule has 0 spiro atoms. The Morgan fingerprint density at radius 1 is 1.33 bits per heavy atom. The molecule has 1 fully saturated rings. The van der Waals surface area contributed by atoms with E-state index in [-0.39, 0.29) is 5.91 Å². The molecule has 0 bridgehead atoms. The van der Waals surface area contributed by atoms with Gasteiger partial charge in [-0.25, -0.2) is 0 Å². The fraction of sp³-hybridized carbons (Fsp3) is 0.571. The molecule has 4 nitrogen and oxygen atoms in total. The Hall–Kier alpha value is -1.58. The van der Waals surface area contributed by atoms with E-state index < -0.39 is 0 Å². The van der Waals surface area contributed by atoms with Gasteiger partial charge in [0, 0.05) is 24.0 Å². The maximum Gasteiger partial charge on any atom is 0.240 e. The van der Waals surface area contributed by atoms with Crippen molar-refractivity contribution in [3.8, 4) is 0 Å². The van der Waals surface area contributed by atoms with Crippen LogP contribution in [-0.2, 0) is 11.3 Å². The first kappa shape index (κ1) is 12.9. The normalized spacial score (nSPS) is 17.1. The van der Waals surface area contributed by atoms with Gasteiger partial charge in [-0.15, -0.1) is 0 Å². The highest BCUT2D eigenvalue weighted by molar-refractivity contribution is 5.77. The Morgan fingerprint density at radius 3 is 2.67 bits per heavy atom. The average molecular weight is 248 g/mol. The van der Waals surface area contributed by atoms with Gasteiger partial charge in [0.2, 0.25) is 5.91 Å². The molecular weight excluding hydrogens is 228 g/mol. The van der Waals surface area contributed by atoms with Crippen LogP contribution in [0.3, 0.4) is 0 Å². The van der Waals surface area contributed by atoms with Crippen LogP contribution in [0.25, 0.3) is 0 Å². The van der Waals surface area contributed by atoms with Gasteiger partial charge >= 0.3 is 0 Å². The summed E-state index contributed by atoms with van der Waals surface area (Å²) < 4.78 is 1.75. The number of nitrogens with one attached hydrogen (secondary N) is 1. The van der Waals surface area contributed by atoms with Crippen molar-refractivity contribution < 1.29 is 9.59 Å². The molecule has 1 heterocycles. The lowest BCUT2D eigenvalue weighted by Gasteiger charge is -2.16. The highest BCUT2D eigenvalue weighted by Gasteiger charge is 2.14. The van der Waals surface area contributed by atoms with E-state index in [1.165, 1.54) is 25.7 Å². The number of hydrogen-bond donors (Lipinski definition) is 1. The van der Waals surface area contributed by atoms with Crippen LogP contribution < -0.4 is 5.32 Å². The lowest BCUT2D eigenvalue weighted by Crippen LogP contribution is -2.36. The topological polar surface area (TPSA) is 51.1 Å². The van der Waals surface area contributed by atoms with Crippen molar-refractivity contribution in [3.63, 3.8) is 0 Å². The lowest BCUT2D eigenvalue weighted by atomic mass is 10.1. The van der Waals surface area contributed by atoms with Crippen molar-refractivity contribution in [1.29, 1.82) is 0 Å². The van der Waals surface area contributed by atoms with Crippen LogP contribution in [0, 0.1) is 0 Å². The molecule has 18 heavy (non-hydrogen) atoms. The van der Waals surface area contributed by atoms with Gasteiger partial charge in [-0.05, 0) is 18.9 Å². The second-order valence-electron chi connectivity index (χ2n) is 4.99. The fourth-order valence-electron chi connectivity index (χ4n) is 2.49. The van der Waals surface area contributed by atoms with Gasteiger partial charge in [-0.2, -0.15) is 0 Å². The Balaban J connectivity index is 1.82. The third-order valence-electron chi connectivity index (χ3n) is 3.46. The van der Waals surface area contributed by atoms with E-state index in [0.29, 0.717) is 18.2 Å². The van der Waals surface area contributed by atoms with Gasteiger partial charge in [0.1, 0.15) is 6.54 Å². The van der Waals surface area contributed by atoms with Crippen LogP contribution in [-0.4, -0.2) is 22.8 Å². The van der Waals surface area contributed by atoms with Gasteiger partial charge in [-0.1, -0.05) is 25.7 Å². The molecule has 0 atom stereocenters. The van der Waals surface area contributed by atoms with Crippen LogP contribution in [0.15, 0.2) is 18.5 Å². The van der Waals surface area contributed by atoms with Gasteiger partial charge in [0.25, 0.3) is 0 Å². The number of nitrogens with zero attached hydrogens (tertiary/aromatic N) is 1. The molecule has 98 valence electrons. The fourth-order valence-corrected chi connectivity index (χ4v) is 2.49. The first-order valence-electron chi connectivity index (χ1n) is 6.68. The van der Waals surface area contributed by atoms with Gasteiger partial charge in [-0.3, -0.25) is 9.59 Å². The smallest absolute Gasteiger partial charge is 0.240 e. The van der Waals surface area contributed by atoms with Crippen LogP contribution in [0.5, 0.6) is 0 Å². The van der Waals surface area contributed by atoms with Crippen LogP contribution in [0.4, 0.5) is 0 Å². The molecule has 2 rings (SSSR count). The second-order valence-corrected chi connectivity index (χ2v) is 4.99. The first-order chi connectivity index (χ1) is 8.78. The Kier molecular flexibility index (Phi) is 4.56. The predicted molar refractivity (Wildman–Crippen MR) is 69.5 cm³/mol. The molecule has 1 aromatic rings. The standard InChI is InChI=1S/C14H20N2O2/c17-11-12-7-8-16(9-12)10-14(18)15-13-5-3-1-2-4-6-13/h7-9,11,13H,1-6,10H2,(H,15,18). The quantitative estimate of drug-likeness (QED) is 0.655. The zero-order chi connectivity index (χ0) is 12.8. The summed E-state index contributed by atoms with van der Waals surface area (Å²) in [5, 5.41) is 3.09. The van der Waals surface area contributed by atoms with Crippen LogP contribution in [0.2, 0.25) is 0 Å². The number of aldehydes is 1. The second kappa shape index (κ2) is 6.38.